The lowest BCUT2D eigenvalue weighted by molar-refractivity contribution is 0.364. The predicted molar refractivity (Wildman–Crippen MR) is 61.0 cm³/mol. The molecule has 1 heteroatoms. The third-order valence-corrected chi connectivity index (χ3v) is 2.36. The summed E-state index contributed by atoms with van der Waals surface area (Å²) in [6, 6.07) is 0. The monoisotopic (exact) mass is 185 g/mol. The standard InChI is InChI=1S/C12H27N/c1-5-7-12(9-11(3)4)10-13-8-6-2/h11-13H,5-10H2,1-4H3. The molecular weight excluding hydrogens is 158 g/mol. The van der Waals surface area contributed by atoms with E-state index < -0.39 is 0 Å². The summed E-state index contributed by atoms with van der Waals surface area (Å²) in [7, 11) is 0. The molecule has 0 aliphatic heterocycles. The molecule has 1 N–H and O–H groups in total. The first-order valence-corrected chi connectivity index (χ1v) is 5.91. The van der Waals surface area contributed by atoms with Gasteiger partial charge in [-0.15, -0.1) is 0 Å². The Morgan fingerprint density at radius 3 is 2.23 bits per heavy atom. The summed E-state index contributed by atoms with van der Waals surface area (Å²) in [6.45, 7) is 11.6. The summed E-state index contributed by atoms with van der Waals surface area (Å²) in [5, 5.41) is 3.53. The highest BCUT2D eigenvalue weighted by Gasteiger charge is 2.08. The van der Waals surface area contributed by atoms with Crippen LogP contribution in [0.25, 0.3) is 0 Å². The molecule has 0 aromatic rings. The first-order valence-electron chi connectivity index (χ1n) is 5.91. The maximum atomic E-state index is 3.53. The van der Waals surface area contributed by atoms with Gasteiger partial charge in [-0.1, -0.05) is 34.1 Å². The first-order chi connectivity index (χ1) is 6.20. The fourth-order valence-electron chi connectivity index (χ4n) is 1.86. The van der Waals surface area contributed by atoms with Crippen LogP contribution in [0.4, 0.5) is 0 Å². The van der Waals surface area contributed by atoms with E-state index in [1.54, 1.807) is 0 Å². The molecule has 1 nitrogen and oxygen atoms in total. The van der Waals surface area contributed by atoms with Gasteiger partial charge < -0.3 is 5.32 Å². The maximum Gasteiger partial charge on any atom is -0.00204 e. The van der Waals surface area contributed by atoms with Gasteiger partial charge in [-0.2, -0.15) is 0 Å². The third kappa shape index (κ3) is 8.29. The van der Waals surface area contributed by atoms with Gasteiger partial charge in [0.15, 0.2) is 0 Å². The van der Waals surface area contributed by atoms with E-state index in [2.05, 4.69) is 33.0 Å². The van der Waals surface area contributed by atoms with Gasteiger partial charge in [0, 0.05) is 0 Å². The van der Waals surface area contributed by atoms with Crippen molar-refractivity contribution in [3.05, 3.63) is 0 Å². The van der Waals surface area contributed by atoms with Crippen molar-refractivity contribution in [2.45, 2.75) is 53.4 Å². The van der Waals surface area contributed by atoms with Crippen LogP contribution in [0, 0.1) is 11.8 Å². The lowest BCUT2D eigenvalue weighted by atomic mass is 9.93. The number of nitrogens with one attached hydrogen (secondary N) is 1. The Morgan fingerprint density at radius 1 is 1.08 bits per heavy atom. The summed E-state index contributed by atoms with van der Waals surface area (Å²) in [5.74, 6) is 1.75. The SMILES string of the molecule is CCCNCC(CCC)CC(C)C. The smallest absolute Gasteiger partial charge is 0.00204 e. The van der Waals surface area contributed by atoms with Gasteiger partial charge in [-0.05, 0) is 44.2 Å². The van der Waals surface area contributed by atoms with E-state index in [1.165, 1.54) is 38.8 Å². The molecule has 0 aliphatic carbocycles. The fourth-order valence-corrected chi connectivity index (χ4v) is 1.86. The fraction of sp³-hybridized carbons (Fsp3) is 1.00. The lowest BCUT2D eigenvalue weighted by Gasteiger charge is -2.18. The quantitative estimate of drug-likeness (QED) is 0.571. The normalized spacial score (nSPS) is 13.6. The summed E-state index contributed by atoms with van der Waals surface area (Å²) in [5.41, 5.74) is 0. The highest BCUT2D eigenvalue weighted by molar-refractivity contribution is 4.63. The summed E-state index contributed by atoms with van der Waals surface area (Å²) < 4.78 is 0. The minimum Gasteiger partial charge on any atom is -0.316 e. The van der Waals surface area contributed by atoms with Crippen LogP contribution in [0.3, 0.4) is 0 Å². The molecule has 0 rings (SSSR count). The van der Waals surface area contributed by atoms with Crippen LogP contribution in [-0.4, -0.2) is 13.1 Å². The minimum absolute atomic E-state index is 0.847. The molecule has 0 radical (unpaired) electrons. The topological polar surface area (TPSA) is 12.0 Å². The molecule has 0 saturated heterocycles. The van der Waals surface area contributed by atoms with Crippen molar-refractivity contribution in [3.8, 4) is 0 Å². The molecule has 0 amide bonds. The molecule has 1 unspecified atom stereocenters. The van der Waals surface area contributed by atoms with E-state index in [4.69, 9.17) is 0 Å². The highest BCUT2D eigenvalue weighted by atomic mass is 14.8. The van der Waals surface area contributed by atoms with Crippen LogP contribution in [-0.2, 0) is 0 Å². The van der Waals surface area contributed by atoms with Gasteiger partial charge in [-0.3, -0.25) is 0 Å². The van der Waals surface area contributed by atoms with E-state index in [0.29, 0.717) is 0 Å². The van der Waals surface area contributed by atoms with Crippen LogP contribution >= 0.6 is 0 Å². The first kappa shape index (κ1) is 13.0. The van der Waals surface area contributed by atoms with E-state index in [0.717, 1.165) is 11.8 Å². The van der Waals surface area contributed by atoms with Crippen LogP contribution in [0.1, 0.15) is 53.4 Å². The average molecular weight is 185 g/mol. The summed E-state index contributed by atoms with van der Waals surface area (Å²) >= 11 is 0. The van der Waals surface area contributed by atoms with Crippen molar-refractivity contribution in [1.82, 2.24) is 5.32 Å². The zero-order chi connectivity index (χ0) is 10.1. The van der Waals surface area contributed by atoms with Crippen LogP contribution in [0.2, 0.25) is 0 Å². The maximum absolute atomic E-state index is 3.53. The van der Waals surface area contributed by atoms with Gasteiger partial charge in [-0.25, -0.2) is 0 Å². The Labute approximate surface area is 84.3 Å². The zero-order valence-corrected chi connectivity index (χ0v) is 9.90. The van der Waals surface area contributed by atoms with Crippen molar-refractivity contribution in [1.29, 1.82) is 0 Å². The van der Waals surface area contributed by atoms with Crippen molar-refractivity contribution < 1.29 is 0 Å². The van der Waals surface area contributed by atoms with E-state index in [9.17, 15) is 0 Å². The van der Waals surface area contributed by atoms with Gasteiger partial charge in [0.25, 0.3) is 0 Å². The molecule has 0 aromatic heterocycles. The summed E-state index contributed by atoms with van der Waals surface area (Å²) in [6.07, 6.45) is 5.34. The number of hydrogen-bond acceptors (Lipinski definition) is 1. The largest absolute Gasteiger partial charge is 0.316 e. The van der Waals surface area contributed by atoms with E-state index in [1.807, 2.05) is 0 Å². The van der Waals surface area contributed by atoms with Crippen LogP contribution < -0.4 is 5.32 Å². The molecule has 0 fully saturated rings. The molecule has 0 spiro atoms. The molecule has 0 heterocycles. The predicted octanol–water partition coefficient (Wildman–Crippen LogP) is 3.45. The Morgan fingerprint density at radius 2 is 1.77 bits per heavy atom. The Hall–Kier alpha value is -0.0400. The lowest BCUT2D eigenvalue weighted by Crippen LogP contribution is -2.24. The molecular formula is C12H27N. The van der Waals surface area contributed by atoms with Crippen molar-refractivity contribution >= 4 is 0 Å². The van der Waals surface area contributed by atoms with E-state index in [-0.39, 0.29) is 0 Å². The third-order valence-electron chi connectivity index (χ3n) is 2.36. The van der Waals surface area contributed by atoms with Crippen molar-refractivity contribution in [3.63, 3.8) is 0 Å². The van der Waals surface area contributed by atoms with Gasteiger partial charge in [0.05, 0.1) is 0 Å². The molecule has 0 bridgehead atoms. The van der Waals surface area contributed by atoms with Gasteiger partial charge in [0.1, 0.15) is 0 Å². The van der Waals surface area contributed by atoms with Crippen LogP contribution in [0.15, 0.2) is 0 Å². The summed E-state index contributed by atoms with van der Waals surface area (Å²) in [4.78, 5) is 0. The second-order valence-corrected chi connectivity index (χ2v) is 4.49. The van der Waals surface area contributed by atoms with Gasteiger partial charge >= 0.3 is 0 Å². The minimum atomic E-state index is 0.847. The van der Waals surface area contributed by atoms with Crippen molar-refractivity contribution in [2.24, 2.45) is 11.8 Å². The van der Waals surface area contributed by atoms with Crippen LogP contribution in [0.5, 0.6) is 0 Å². The number of rotatable bonds is 8. The average Bonchev–Trinajstić information content (AvgIpc) is 2.04. The second kappa shape index (κ2) is 8.55. The molecule has 13 heavy (non-hydrogen) atoms. The highest BCUT2D eigenvalue weighted by Crippen LogP contribution is 2.15. The Balaban J connectivity index is 3.53. The molecule has 0 saturated carbocycles. The molecule has 1 atom stereocenters. The molecule has 0 aromatic carbocycles. The zero-order valence-electron chi connectivity index (χ0n) is 9.90. The second-order valence-electron chi connectivity index (χ2n) is 4.49. The van der Waals surface area contributed by atoms with Crippen molar-refractivity contribution in [2.75, 3.05) is 13.1 Å². The van der Waals surface area contributed by atoms with E-state index >= 15 is 0 Å². The molecule has 80 valence electrons. The molecule has 0 aliphatic rings. The Kier molecular flexibility index (Phi) is 8.53. The number of hydrogen-bond donors (Lipinski definition) is 1. The van der Waals surface area contributed by atoms with Gasteiger partial charge in [0.2, 0.25) is 0 Å². The Bertz CT molecular complexity index is 99.3.